The largest absolute Gasteiger partial charge is 0.337 e. The zero-order valence-corrected chi connectivity index (χ0v) is 21.7. The van der Waals surface area contributed by atoms with Crippen LogP contribution in [-0.4, -0.2) is 86.3 Å². The van der Waals surface area contributed by atoms with Gasteiger partial charge < -0.3 is 14.7 Å². The monoisotopic (exact) mass is 528 g/mol. The number of hydrogen-bond acceptors (Lipinski definition) is 6. The lowest BCUT2D eigenvalue weighted by atomic mass is 10.1. The number of piperidine rings is 2. The summed E-state index contributed by atoms with van der Waals surface area (Å²) in [5.74, 6) is -0.367. The lowest BCUT2D eigenvalue weighted by Gasteiger charge is -2.36. The smallest absolute Gasteiger partial charge is 0.242 e. The number of thiophene rings is 1. The van der Waals surface area contributed by atoms with E-state index in [2.05, 4.69) is 9.62 Å². The number of sulfonamides is 1. The van der Waals surface area contributed by atoms with Crippen molar-refractivity contribution in [3.63, 3.8) is 0 Å². The third-order valence-corrected chi connectivity index (χ3v) is 9.09. The molecule has 0 bridgehead atoms. The summed E-state index contributed by atoms with van der Waals surface area (Å²) in [6.07, 6.45) is 8.24. The van der Waals surface area contributed by atoms with Crippen molar-refractivity contribution in [2.75, 3.05) is 39.3 Å². The molecule has 1 N–H and O–H groups in total. The van der Waals surface area contributed by atoms with Gasteiger partial charge in [-0.3, -0.25) is 9.59 Å². The van der Waals surface area contributed by atoms with E-state index < -0.39 is 16.1 Å². The second-order valence-electron chi connectivity index (χ2n) is 9.31. The van der Waals surface area contributed by atoms with E-state index in [1.54, 1.807) is 12.1 Å². The van der Waals surface area contributed by atoms with Crippen molar-refractivity contribution < 1.29 is 18.0 Å². The number of carbonyl (C=O) groups is 2. The van der Waals surface area contributed by atoms with Crippen molar-refractivity contribution in [2.24, 2.45) is 0 Å². The maximum atomic E-state index is 13.1. The van der Waals surface area contributed by atoms with Crippen LogP contribution in [0.1, 0.15) is 49.8 Å². The molecule has 8 nitrogen and oxygen atoms in total. The van der Waals surface area contributed by atoms with E-state index >= 15 is 0 Å². The first kappa shape index (κ1) is 25.6. The second-order valence-corrected chi connectivity index (χ2v) is 12.7. The van der Waals surface area contributed by atoms with E-state index in [9.17, 15) is 18.0 Å². The van der Waals surface area contributed by atoms with Crippen molar-refractivity contribution in [3.05, 3.63) is 26.8 Å². The summed E-state index contributed by atoms with van der Waals surface area (Å²) in [6, 6.07) is 2.78. The molecule has 1 aromatic heterocycles. The molecule has 3 saturated heterocycles. The van der Waals surface area contributed by atoms with Gasteiger partial charge in [0.1, 0.15) is 6.04 Å². The molecule has 4 heterocycles. The Morgan fingerprint density at radius 2 is 1.85 bits per heavy atom. The molecule has 0 radical (unpaired) electrons. The van der Waals surface area contributed by atoms with E-state index in [-0.39, 0.29) is 24.4 Å². The Morgan fingerprint density at radius 3 is 2.59 bits per heavy atom. The molecule has 0 spiro atoms. The molecule has 2 amide bonds. The van der Waals surface area contributed by atoms with Gasteiger partial charge in [0.15, 0.2) is 0 Å². The minimum atomic E-state index is -3.81. The van der Waals surface area contributed by atoms with Crippen molar-refractivity contribution >= 4 is 50.9 Å². The zero-order valence-electron chi connectivity index (χ0n) is 19.3. The predicted octanol–water partition coefficient (Wildman–Crippen LogP) is 2.76. The van der Waals surface area contributed by atoms with Gasteiger partial charge in [0.05, 0.1) is 10.9 Å². The molecule has 0 aliphatic carbocycles. The van der Waals surface area contributed by atoms with Gasteiger partial charge in [-0.15, -0.1) is 11.3 Å². The number of likely N-dealkylation sites (tertiary alicyclic amines) is 3. The predicted molar refractivity (Wildman–Crippen MR) is 135 cm³/mol. The van der Waals surface area contributed by atoms with Gasteiger partial charge >= 0.3 is 0 Å². The fourth-order valence-corrected chi connectivity index (χ4v) is 7.14. The lowest BCUT2D eigenvalue weighted by Crippen LogP contribution is -2.55. The molecule has 4 rings (SSSR count). The van der Waals surface area contributed by atoms with E-state index in [1.807, 2.05) is 4.90 Å². The van der Waals surface area contributed by atoms with Crippen LogP contribution in [0.4, 0.5) is 0 Å². The summed E-state index contributed by atoms with van der Waals surface area (Å²) in [5.41, 5.74) is 0. The van der Waals surface area contributed by atoms with E-state index in [0.29, 0.717) is 28.6 Å². The Hall–Kier alpha value is -1.46. The molecule has 1 aromatic rings. The lowest BCUT2D eigenvalue weighted by molar-refractivity contribution is -0.143. The number of amides is 2. The Balaban J connectivity index is 1.32. The minimum absolute atomic E-state index is 0.0110. The number of carbonyl (C=O) groups excluding carboxylic acids is 2. The standard InChI is InChI=1S/C23H33ClN4O4S2/c24-21-9-8-19(33-21)10-15-34(31,32)25-20-7-5-13-27(23(20)30)17-22(29)28-14-4-6-18(28)16-26-11-2-1-3-12-26/h8-10,15,18,20,25H,1-7,11-14,16-17H2/b15-10+/t18-,20-/m0/s1. The first-order chi connectivity index (χ1) is 16.3. The maximum absolute atomic E-state index is 13.1. The number of halogens is 1. The van der Waals surface area contributed by atoms with Crippen molar-refractivity contribution in [1.82, 2.24) is 19.4 Å². The van der Waals surface area contributed by atoms with Crippen LogP contribution in [0.15, 0.2) is 17.5 Å². The summed E-state index contributed by atoms with van der Waals surface area (Å²) >= 11 is 7.15. The Bertz CT molecular complexity index is 1010. The molecule has 2 atom stereocenters. The van der Waals surface area contributed by atoms with Crippen LogP contribution in [0.3, 0.4) is 0 Å². The van der Waals surface area contributed by atoms with Gasteiger partial charge in [0, 0.05) is 36.0 Å². The van der Waals surface area contributed by atoms with Gasteiger partial charge in [-0.1, -0.05) is 18.0 Å². The van der Waals surface area contributed by atoms with Crippen LogP contribution in [0.25, 0.3) is 6.08 Å². The van der Waals surface area contributed by atoms with E-state index in [1.165, 1.54) is 41.6 Å². The third kappa shape index (κ3) is 6.81. The summed E-state index contributed by atoms with van der Waals surface area (Å²) in [5, 5.41) is 1.06. The average Bonchev–Trinajstić information content (AvgIpc) is 3.44. The van der Waals surface area contributed by atoms with Gasteiger partial charge in [0.25, 0.3) is 0 Å². The average molecular weight is 529 g/mol. The minimum Gasteiger partial charge on any atom is -0.337 e. The van der Waals surface area contributed by atoms with E-state index in [4.69, 9.17) is 11.6 Å². The number of hydrogen-bond donors (Lipinski definition) is 1. The molecule has 0 unspecified atom stereocenters. The van der Waals surface area contributed by atoms with Crippen molar-refractivity contribution in [3.8, 4) is 0 Å². The van der Waals surface area contributed by atoms with Gasteiger partial charge in [-0.2, -0.15) is 4.72 Å². The highest BCUT2D eigenvalue weighted by Crippen LogP contribution is 2.23. The number of rotatable bonds is 8. The molecule has 3 aliphatic heterocycles. The van der Waals surface area contributed by atoms with Gasteiger partial charge in [0.2, 0.25) is 21.8 Å². The summed E-state index contributed by atoms with van der Waals surface area (Å²) in [7, 11) is -3.81. The Morgan fingerprint density at radius 1 is 1.09 bits per heavy atom. The molecule has 3 aliphatic rings. The topological polar surface area (TPSA) is 90.0 Å². The fourth-order valence-electron chi connectivity index (χ4n) is 5.07. The summed E-state index contributed by atoms with van der Waals surface area (Å²) < 4.78 is 28.1. The fraction of sp³-hybridized carbons (Fsp3) is 0.652. The highest BCUT2D eigenvalue weighted by Gasteiger charge is 2.35. The molecular formula is C23H33ClN4O4S2. The molecular weight excluding hydrogens is 496 g/mol. The highest BCUT2D eigenvalue weighted by atomic mass is 35.5. The van der Waals surface area contributed by atoms with E-state index in [0.717, 1.165) is 44.4 Å². The molecule has 11 heteroatoms. The third-order valence-electron chi connectivity index (χ3n) is 6.78. The summed E-state index contributed by atoms with van der Waals surface area (Å²) in [6.45, 7) is 4.31. The van der Waals surface area contributed by atoms with Crippen molar-refractivity contribution in [1.29, 1.82) is 0 Å². The van der Waals surface area contributed by atoms with Gasteiger partial charge in [-0.05, 0) is 69.8 Å². The quantitative estimate of drug-likeness (QED) is 0.560. The van der Waals surface area contributed by atoms with Crippen LogP contribution >= 0.6 is 22.9 Å². The molecule has 3 fully saturated rings. The van der Waals surface area contributed by atoms with Crippen LogP contribution in [0.2, 0.25) is 4.34 Å². The molecule has 0 saturated carbocycles. The Labute approximate surface area is 211 Å². The number of nitrogens with zero attached hydrogens (tertiary/aromatic N) is 3. The molecule has 0 aromatic carbocycles. The van der Waals surface area contributed by atoms with Crippen LogP contribution < -0.4 is 4.72 Å². The number of nitrogens with one attached hydrogen (secondary N) is 1. The first-order valence-electron chi connectivity index (χ1n) is 12.1. The molecule has 34 heavy (non-hydrogen) atoms. The SMILES string of the molecule is O=C1[C@@H](NS(=O)(=O)/C=C/c2ccc(Cl)s2)CCCN1CC(=O)N1CCC[C@H]1CN1CCCCC1. The maximum Gasteiger partial charge on any atom is 0.242 e. The van der Waals surface area contributed by atoms with Gasteiger partial charge in [-0.25, -0.2) is 8.42 Å². The summed E-state index contributed by atoms with van der Waals surface area (Å²) in [4.78, 5) is 32.7. The van der Waals surface area contributed by atoms with Crippen molar-refractivity contribution in [2.45, 2.75) is 57.0 Å². The van der Waals surface area contributed by atoms with Crippen LogP contribution in [0.5, 0.6) is 0 Å². The first-order valence-corrected chi connectivity index (χ1v) is 14.8. The highest BCUT2D eigenvalue weighted by molar-refractivity contribution is 7.92. The van der Waals surface area contributed by atoms with Crippen LogP contribution in [0, 0.1) is 0 Å². The molecule has 188 valence electrons. The second kappa shape index (κ2) is 11.5. The Kier molecular flexibility index (Phi) is 8.68. The van der Waals surface area contributed by atoms with Crippen LogP contribution in [-0.2, 0) is 19.6 Å². The normalized spacial score (nSPS) is 24.9. The zero-order chi connectivity index (χ0) is 24.1.